The zero-order valence-corrected chi connectivity index (χ0v) is 12.7. The molecular formula is C17H19N3O2. The van der Waals surface area contributed by atoms with Crippen LogP contribution >= 0.6 is 0 Å². The quantitative estimate of drug-likeness (QED) is 0.910. The number of fused-ring (bicyclic) bond motifs is 1. The molecule has 1 unspecified atom stereocenters. The minimum absolute atomic E-state index is 0.212. The number of carbonyl (C=O) groups is 1. The molecule has 0 saturated carbocycles. The number of pyridine rings is 1. The maximum absolute atomic E-state index is 12.7. The fraction of sp³-hybridized carbons (Fsp3) is 0.294. The van der Waals surface area contributed by atoms with Crippen molar-refractivity contribution in [3.8, 4) is 5.75 Å². The van der Waals surface area contributed by atoms with Gasteiger partial charge in [0.1, 0.15) is 11.3 Å². The van der Waals surface area contributed by atoms with Gasteiger partial charge in [0.25, 0.3) is 0 Å². The number of amides is 1. The van der Waals surface area contributed by atoms with Gasteiger partial charge in [-0.3, -0.25) is 9.78 Å². The van der Waals surface area contributed by atoms with Crippen molar-refractivity contribution in [2.75, 3.05) is 12.4 Å². The van der Waals surface area contributed by atoms with E-state index in [-0.39, 0.29) is 5.91 Å². The van der Waals surface area contributed by atoms with E-state index < -0.39 is 5.54 Å². The van der Waals surface area contributed by atoms with E-state index in [1.165, 1.54) is 0 Å². The molecule has 22 heavy (non-hydrogen) atoms. The molecule has 1 atom stereocenters. The molecule has 3 rings (SSSR count). The fourth-order valence-corrected chi connectivity index (χ4v) is 2.95. The number of aryl methyl sites for hydroxylation is 1. The molecule has 0 spiro atoms. The third-order valence-electron chi connectivity index (χ3n) is 4.30. The predicted molar refractivity (Wildman–Crippen MR) is 84.8 cm³/mol. The molecule has 0 aliphatic heterocycles. The standard InChI is InChI=1S/C17H19N3O2/c1-11-7-9-19-10-14(11)20-16(21)17(18)8-6-12-13(17)4-3-5-15(12)22-2/h3-5,7,9-10H,6,8,18H2,1-2H3,(H,20,21). The smallest absolute Gasteiger partial charge is 0.249 e. The molecule has 5 heteroatoms. The van der Waals surface area contributed by atoms with Crippen LogP contribution in [0, 0.1) is 6.92 Å². The topological polar surface area (TPSA) is 77.2 Å². The van der Waals surface area contributed by atoms with Gasteiger partial charge in [-0.05, 0) is 48.6 Å². The van der Waals surface area contributed by atoms with E-state index in [4.69, 9.17) is 10.5 Å². The highest BCUT2D eigenvalue weighted by molar-refractivity contribution is 6.00. The SMILES string of the molecule is COc1cccc2c1CCC2(N)C(=O)Nc1cnccc1C. The Morgan fingerprint density at radius 2 is 2.23 bits per heavy atom. The summed E-state index contributed by atoms with van der Waals surface area (Å²) in [6, 6.07) is 7.52. The molecule has 2 aromatic rings. The summed E-state index contributed by atoms with van der Waals surface area (Å²) in [5.74, 6) is 0.575. The predicted octanol–water partition coefficient (Wildman–Crippen LogP) is 2.14. The number of nitrogens with two attached hydrogens (primary N) is 1. The first-order valence-electron chi connectivity index (χ1n) is 7.23. The van der Waals surface area contributed by atoms with Crippen LogP contribution in [0.3, 0.4) is 0 Å². The number of ether oxygens (including phenoxy) is 1. The van der Waals surface area contributed by atoms with E-state index in [2.05, 4.69) is 10.3 Å². The molecule has 1 aliphatic rings. The second-order valence-electron chi connectivity index (χ2n) is 5.60. The molecule has 0 bridgehead atoms. The highest BCUT2D eigenvalue weighted by Crippen LogP contribution is 2.40. The first-order valence-corrected chi connectivity index (χ1v) is 7.23. The molecule has 1 aromatic heterocycles. The molecule has 3 N–H and O–H groups in total. The van der Waals surface area contributed by atoms with Crippen molar-refractivity contribution >= 4 is 11.6 Å². The number of hydrogen-bond donors (Lipinski definition) is 2. The lowest BCUT2D eigenvalue weighted by molar-refractivity contribution is -0.121. The first-order chi connectivity index (χ1) is 10.6. The van der Waals surface area contributed by atoms with Crippen LogP contribution < -0.4 is 15.8 Å². The van der Waals surface area contributed by atoms with E-state index in [1.54, 1.807) is 19.5 Å². The number of aromatic nitrogens is 1. The van der Waals surface area contributed by atoms with Crippen LogP contribution in [0.2, 0.25) is 0 Å². The average molecular weight is 297 g/mol. The highest BCUT2D eigenvalue weighted by Gasteiger charge is 2.43. The van der Waals surface area contributed by atoms with Gasteiger partial charge >= 0.3 is 0 Å². The van der Waals surface area contributed by atoms with Crippen molar-refractivity contribution in [1.82, 2.24) is 4.98 Å². The maximum atomic E-state index is 12.7. The van der Waals surface area contributed by atoms with Crippen molar-refractivity contribution in [3.63, 3.8) is 0 Å². The number of rotatable bonds is 3. The van der Waals surface area contributed by atoms with E-state index in [1.807, 2.05) is 31.2 Å². The normalized spacial score (nSPS) is 19.6. The van der Waals surface area contributed by atoms with Gasteiger partial charge in [0.15, 0.2) is 0 Å². The van der Waals surface area contributed by atoms with Crippen molar-refractivity contribution < 1.29 is 9.53 Å². The maximum Gasteiger partial charge on any atom is 0.249 e. The van der Waals surface area contributed by atoms with E-state index in [9.17, 15) is 4.79 Å². The van der Waals surface area contributed by atoms with E-state index in [0.717, 1.165) is 28.9 Å². The van der Waals surface area contributed by atoms with Crippen molar-refractivity contribution in [3.05, 3.63) is 53.3 Å². The van der Waals surface area contributed by atoms with Gasteiger partial charge in [-0.1, -0.05) is 12.1 Å². The number of benzene rings is 1. The summed E-state index contributed by atoms with van der Waals surface area (Å²) < 4.78 is 5.37. The fourth-order valence-electron chi connectivity index (χ4n) is 2.95. The number of carbonyl (C=O) groups excluding carboxylic acids is 1. The lowest BCUT2D eigenvalue weighted by Crippen LogP contribution is -2.46. The summed E-state index contributed by atoms with van der Waals surface area (Å²) in [5.41, 5.74) is 8.91. The van der Waals surface area contributed by atoms with Gasteiger partial charge in [-0.15, -0.1) is 0 Å². The average Bonchev–Trinajstić information content (AvgIpc) is 2.88. The van der Waals surface area contributed by atoms with Crippen LogP contribution in [0.15, 0.2) is 36.7 Å². The Labute approximate surface area is 129 Å². The number of methoxy groups -OCH3 is 1. The third kappa shape index (κ3) is 2.23. The van der Waals surface area contributed by atoms with Gasteiger partial charge in [0, 0.05) is 6.20 Å². The zero-order valence-electron chi connectivity index (χ0n) is 12.7. The van der Waals surface area contributed by atoms with E-state index in [0.29, 0.717) is 12.1 Å². The number of nitrogens with zero attached hydrogens (tertiary/aromatic N) is 1. The summed E-state index contributed by atoms with van der Waals surface area (Å²) in [7, 11) is 1.63. The second-order valence-corrected chi connectivity index (χ2v) is 5.60. The molecule has 1 aliphatic carbocycles. The molecule has 1 amide bonds. The van der Waals surface area contributed by atoms with Crippen LogP contribution in [0.1, 0.15) is 23.1 Å². The summed E-state index contributed by atoms with van der Waals surface area (Å²) >= 11 is 0. The van der Waals surface area contributed by atoms with Crippen LogP contribution in [0.5, 0.6) is 5.75 Å². The summed E-state index contributed by atoms with van der Waals surface area (Å²) in [6.45, 7) is 1.92. The van der Waals surface area contributed by atoms with E-state index >= 15 is 0 Å². The molecular weight excluding hydrogens is 278 g/mol. The van der Waals surface area contributed by atoms with Crippen molar-refractivity contribution in [1.29, 1.82) is 0 Å². The van der Waals surface area contributed by atoms with Crippen molar-refractivity contribution in [2.24, 2.45) is 5.73 Å². The molecule has 0 saturated heterocycles. The molecule has 0 fully saturated rings. The van der Waals surface area contributed by atoms with Gasteiger partial charge in [0.05, 0.1) is 19.0 Å². The lowest BCUT2D eigenvalue weighted by atomic mass is 9.91. The van der Waals surface area contributed by atoms with Crippen LogP contribution in [-0.2, 0) is 16.8 Å². The second kappa shape index (κ2) is 5.42. The van der Waals surface area contributed by atoms with Gasteiger partial charge in [-0.2, -0.15) is 0 Å². The number of hydrogen-bond acceptors (Lipinski definition) is 4. The molecule has 1 heterocycles. The highest BCUT2D eigenvalue weighted by atomic mass is 16.5. The Morgan fingerprint density at radius 3 is 2.95 bits per heavy atom. The minimum atomic E-state index is -1.04. The van der Waals surface area contributed by atoms with Crippen LogP contribution in [0.4, 0.5) is 5.69 Å². The molecule has 5 nitrogen and oxygen atoms in total. The van der Waals surface area contributed by atoms with Crippen LogP contribution in [-0.4, -0.2) is 18.0 Å². The lowest BCUT2D eigenvalue weighted by Gasteiger charge is -2.24. The summed E-state index contributed by atoms with van der Waals surface area (Å²) in [4.78, 5) is 16.8. The number of nitrogens with one attached hydrogen (secondary N) is 1. The number of anilines is 1. The third-order valence-corrected chi connectivity index (χ3v) is 4.30. The Kier molecular flexibility index (Phi) is 3.58. The monoisotopic (exact) mass is 297 g/mol. The molecule has 1 aromatic carbocycles. The van der Waals surface area contributed by atoms with Gasteiger partial charge in [-0.25, -0.2) is 0 Å². The molecule has 114 valence electrons. The largest absolute Gasteiger partial charge is 0.496 e. The Bertz CT molecular complexity index is 730. The Balaban J connectivity index is 1.93. The Morgan fingerprint density at radius 1 is 1.41 bits per heavy atom. The molecule has 0 radical (unpaired) electrons. The van der Waals surface area contributed by atoms with Gasteiger partial charge in [0.2, 0.25) is 5.91 Å². The van der Waals surface area contributed by atoms with Crippen LogP contribution in [0.25, 0.3) is 0 Å². The summed E-state index contributed by atoms with van der Waals surface area (Å²) in [5, 5.41) is 2.90. The minimum Gasteiger partial charge on any atom is -0.496 e. The zero-order chi connectivity index (χ0) is 15.7. The first kappa shape index (κ1) is 14.5. The summed E-state index contributed by atoms with van der Waals surface area (Å²) in [6.07, 6.45) is 4.63. The van der Waals surface area contributed by atoms with Gasteiger partial charge < -0.3 is 15.8 Å². The Hall–Kier alpha value is -2.40. The van der Waals surface area contributed by atoms with Crippen molar-refractivity contribution in [2.45, 2.75) is 25.3 Å².